The van der Waals surface area contributed by atoms with Gasteiger partial charge in [-0.1, -0.05) is 12.1 Å². The van der Waals surface area contributed by atoms with Gasteiger partial charge in [-0.05, 0) is 44.5 Å². The molecule has 1 rings (SSSR count). The van der Waals surface area contributed by atoms with Gasteiger partial charge in [-0.3, -0.25) is 14.4 Å². The molecule has 3 amide bonds. The maximum atomic E-state index is 12.2. The second-order valence-electron chi connectivity index (χ2n) is 6.66. The van der Waals surface area contributed by atoms with Crippen molar-refractivity contribution in [2.75, 3.05) is 19.3 Å². The van der Waals surface area contributed by atoms with Gasteiger partial charge in [0.15, 0.2) is 0 Å². The molecule has 10 nitrogen and oxygen atoms in total. The Morgan fingerprint density at radius 2 is 1.77 bits per heavy atom. The van der Waals surface area contributed by atoms with Crippen molar-refractivity contribution in [3.05, 3.63) is 29.8 Å². The molecule has 0 bridgehead atoms. The van der Waals surface area contributed by atoms with Crippen molar-refractivity contribution in [1.82, 2.24) is 16.0 Å². The van der Waals surface area contributed by atoms with Crippen molar-refractivity contribution in [2.24, 2.45) is 11.5 Å². The van der Waals surface area contributed by atoms with E-state index in [4.69, 9.17) is 16.2 Å². The molecule has 11 heteroatoms. The molecule has 0 aromatic heterocycles. The van der Waals surface area contributed by atoms with Crippen molar-refractivity contribution in [2.45, 2.75) is 37.9 Å². The number of ether oxygens (including phenoxy) is 1. The summed E-state index contributed by atoms with van der Waals surface area (Å²) in [6.07, 6.45) is -0.0139. The van der Waals surface area contributed by atoms with E-state index in [0.29, 0.717) is 12.2 Å². The Morgan fingerprint density at radius 3 is 2.27 bits per heavy atom. The van der Waals surface area contributed by atoms with Crippen molar-refractivity contribution in [3.63, 3.8) is 0 Å². The van der Waals surface area contributed by atoms with Crippen LogP contribution in [0.2, 0.25) is 0 Å². The maximum absolute atomic E-state index is 12.2. The summed E-state index contributed by atoms with van der Waals surface area (Å²) in [7, 11) is 1.59. The Morgan fingerprint density at radius 1 is 1.13 bits per heavy atom. The SMILES string of the molecule is CNC(CCNC(=O)Oc1ccc(C[C@H](N)C(C)=O)cc1)C(=O)N[C@@H](CS)C(N)=O. The summed E-state index contributed by atoms with van der Waals surface area (Å²) >= 11 is 3.97. The van der Waals surface area contributed by atoms with Crippen LogP contribution in [-0.4, -0.2) is 61.2 Å². The minimum atomic E-state index is -0.873. The number of hydrogen-bond donors (Lipinski definition) is 6. The van der Waals surface area contributed by atoms with Gasteiger partial charge in [-0.25, -0.2) is 4.79 Å². The highest BCUT2D eigenvalue weighted by atomic mass is 32.1. The van der Waals surface area contributed by atoms with Gasteiger partial charge in [0.05, 0.1) is 12.1 Å². The van der Waals surface area contributed by atoms with E-state index in [-0.39, 0.29) is 24.5 Å². The summed E-state index contributed by atoms with van der Waals surface area (Å²) in [5.41, 5.74) is 11.8. The normalized spacial score (nSPS) is 13.6. The molecule has 0 heterocycles. The average molecular weight is 440 g/mol. The lowest BCUT2D eigenvalue weighted by Gasteiger charge is -2.19. The third kappa shape index (κ3) is 8.80. The first kappa shape index (κ1) is 25.4. The minimum absolute atomic E-state index is 0.0849. The van der Waals surface area contributed by atoms with E-state index in [1.54, 1.807) is 31.3 Å². The molecule has 0 fully saturated rings. The zero-order valence-electron chi connectivity index (χ0n) is 17.0. The fourth-order valence-corrected chi connectivity index (χ4v) is 2.71. The molecule has 0 saturated heterocycles. The number of likely N-dealkylation sites (N-methyl/N-ethyl adjacent to an activating group) is 1. The number of nitrogens with two attached hydrogens (primary N) is 2. The number of carbonyl (C=O) groups excluding carboxylic acids is 4. The van der Waals surface area contributed by atoms with Crippen molar-refractivity contribution in [1.29, 1.82) is 0 Å². The van der Waals surface area contributed by atoms with Gasteiger partial charge in [-0.15, -0.1) is 0 Å². The first-order valence-corrected chi connectivity index (χ1v) is 9.99. The van der Waals surface area contributed by atoms with Crippen LogP contribution in [0.3, 0.4) is 0 Å². The highest BCUT2D eigenvalue weighted by molar-refractivity contribution is 7.80. The van der Waals surface area contributed by atoms with E-state index in [1.807, 2.05) is 0 Å². The molecule has 0 aliphatic heterocycles. The fourth-order valence-electron chi connectivity index (χ4n) is 2.44. The van der Waals surface area contributed by atoms with Gasteiger partial charge in [0.2, 0.25) is 11.8 Å². The third-order valence-corrected chi connectivity index (χ3v) is 4.69. The number of amides is 3. The van der Waals surface area contributed by atoms with E-state index in [1.165, 1.54) is 6.92 Å². The fraction of sp³-hybridized carbons (Fsp3) is 0.474. The number of nitrogens with one attached hydrogen (secondary N) is 3. The van der Waals surface area contributed by atoms with Crippen LogP contribution in [0.15, 0.2) is 24.3 Å². The lowest BCUT2D eigenvalue weighted by molar-refractivity contribution is -0.128. The van der Waals surface area contributed by atoms with Crippen molar-refractivity contribution in [3.8, 4) is 5.75 Å². The summed E-state index contributed by atoms with van der Waals surface area (Å²) in [5, 5.41) is 7.85. The second-order valence-corrected chi connectivity index (χ2v) is 7.02. The van der Waals surface area contributed by atoms with Crippen LogP contribution in [0.25, 0.3) is 0 Å². The van der Waals surface area contributed by atoms with E-state index in [9.17, 15) is 19.2 Å². The molecule has 1 aromatic rings. The third-order valence-electron chi connectivity index (χ3n) is 4.32. The molecule has 0 saturated carbocycles. The molecule has 0 aliphatic carbocycles. The highest BCUT2D eigenvalue weighted by Crippen LogP contribution is 2.13. The number of thiol groups is 1. The zero-order chi connectivity index (χ0) is 22.7. The van der Waals surface area contributed by atoms with Crippen molar-refractivity contribution >= 4 is 36.3 Å². The summed E-state index contributed by atoms with van der Waals surface area (Å²) in [6, 6.07) is 4.58. The standard InChI is InChI=1S/C19H29N5O5S/c1-11(25)14(20)9-12-3-5-13(6-4-12)29-19(28)23-8-7-15(22-2)18(27)24-16(10-30)17(21)26/h3-6,14-16,22,30H,7-10,20H2,1-2H3,(H2,21,26)(H,23,28)(H,24,27)/t14-,15?,16-/m0/s1. The smallest absolute Gasteiger partial charge is 0.410 e. The predicted molar refractivity (Wildman–Crippen MR) is 115 cm³/mol. The molecular weight excluding hydrogens is 410 g/mol. The number of rotatable bonds is 12. The van der Waals surface area contributed by atoms with Crippen LogP contribution in [0.5, 0.6) is 5.75 Å². The van der Waals surface area contributed by atoms with Gasteiger partial charge >= 0.3 is 6.09 Å². The monoisotopic (exact) mass is 439 g/mol. The number of carbonyl (C=O) groups is 4. The zero-order valence-corrected chi connectivity index (χ0v) is 17.9. The average Bonchev–Trinajstić information content (AvgIpc) is 2.70. The molecule has 3 atom stereocenters. The minimum Gasteiger partial charge on any atom is -0.410 e. The molecule has 1 unspecified atom stereocenters. The van der Waals surface area contributed by atoms with Crippen LogP contribution < -0.4 is 32.2 Å². The van der Waals surface area contributed by atoms with Crippen LogP contribution in [0.1, 0.15) is 18.9 Å². The second kappa shape index (κ2) is 12.8. The van der Waals surface area contributed by atoms with Crippen LogP contribution in [0, 0.1) is 0 Å². The lowest BCUT2D eigenvalue weighted by atomic mass is 10.0. The van der Waals surface area contributed by atoms with E-state index < -0.39 is 36.0 Å². The summed E-state index contributed by atoms with van der Waals surface area (Å²) < 4.78 is 5.17. The van der Waals surface area contributed by atoms with Gasteiger partial charge in [0.1, 0.15) is 17.6 Å². The summed E-state index contributed by atoms with van der Waals surface area (Å²) in [6.45, 7) is 1.59. The van der Waals surface area contributed by atoms with Crippen LogP contribution in [-0.2, 0) is 20.8 Å². The van der Waals surface area contributed by atoms with Crippen LogP contribution in [0.4, 0.5) is 4.79 Å². The van der Waals surface area contributed by atoms with E-state index in [2.05, 4.69) is 28.6 Å². The number of benzene rings is 1. The van der Waals surface area contributed by atoms with Crippen LogP contribution >= 0.6 is 12.6 Å². The Balaban J connectivity index is 2.45. The van der Waals surface area contributed by atoms with E-state index >= 15 is 0 Å². The summed E-state index contributed by atoms with van der Waals surface area (Å²) in [4.78, 5) is 46.5. The topological polar surface area (TPSA) is 166 Å². The Labute approximate surface area is 180 Å². The van der Waals surface area contributed by atoms with Gasteiger partial charge in [0, 0.05) is 12.3 Å². The Kier molecular flexibility index (Phi) is 10.9. The van der Waals surface area contributed by atoms with Gasteiger partial charge in [-0.2, -0.15) is 12.6 Å². The first-order chi connectivity index (χ1) is 14.2. The Bertz CT molecular complexity index is 743. The van der Waals surface area contributed by atoms with E-state index in [0.717, 1.165) is 5.56 Å². The number of hydrogen-bond acceptors (Lipinski definition) is 8. The van der Waals surface area contributed by atoms with Crippen molar-refractivity contribution < 1.29 is 23.9 Å². The van der Waals surface area contributed by atoms with Gasteiger partial charge in [0.25, 0.3) is 0 Å². The van der Waals surface area contributed by atoms with Gasteiger partial charge < -0.3 is 32.2 Å². The molecule has 0 radical (unpaired) electrons. The predicted octanol–water partition coefficient (Wildman–Crippen LogP) is -0.888. The number of Topliss-reactive ketones (excluding diaryl/α,β-unsaturated/α-hetero) is 1. The number of ketones is 1. The molecule has 0 spiro atoms. The quantitative estimate of drug-likeness (QED) is 0.230. The maximum Gasteiger partial charge on any atom is 0.412 e. The lowest BCUT2D eigenvalue weighted by Crippen LogP contribution is -2.52. The molecule has 166 valence electrons. The summed E-state index contributed by atoms with van der Waals surface area (Å²) in [5.74, 6) is -0.789. The molecule has 0 aliphatic rings. The molecule has 7 N–H and O–H groups in total. The Hall–Kier alpha value is -2.63. The highest BCUT2D eigenvalue weighted by Gasteiger charge is 2.22. The molecule has 1 aromatic carbocycles. The largest absolute Gasteiger partial charge is 0.412 e. The molecular formula is C19H29N5O5S. The number of primary amides is 1. The molecule has 30 heavy (non-hydrogen) atoms. The first-order valence-electron chi connectivity index (χ1n) is 9.36.